The van der Waals surface area contributed by atoms with E-state index in [0.717, 1.165) is 28.7 Å². The number of hydrogen-bond donors (Lipinski definition) is 1. The molecule has 45 heavy (non-hydrogen) atoms. The molecule has 3 aromatic rings. The van der Waals surface area contributed by atoms with Crippen LogP contribution in [-0.4, -0.2) is 69.4 Å². The Morgan fingerprint density at radius 3 is 1.89 bits per heavy atom. The van der Waals surface area contributed by atoms with Crippen molar-refractivity contribution in [2.75, 3.05) is 13.1 Å². The van der Waals surface area contributed by atoms with Gasteiger partial charge in [-0.25, -0.2) is 13.6 Å². The zero-order chi connectivity index (χ0) is 31.9. The van der Waals surface area contributed by atoms with Crippen LogP contribution in [0.25, 0.3) is 0 Å². The normalized spacial score (nSPS) is 20.0. The van der Waals surface area contributed by atoms with Crippen LogP contribution in [0, 0.1) is 11.6 Å². The summed E-state index contributed by atoms with van der Waals surface area (Å²) in [6.45, 7) is 7.05. The predicted octanol–water partition coefficient (Wildman–Crippen LogP) is 5.17. The molecule has 8 nitrogen and oxygen atoms in total. The topological polar surface area (TPSA) is 82.2 Å². The number of benzene rings is 3. The van der Waals surface area contributed by atoms with Crippen molar-refractivity contribution in [1.29, 1.82) is 0 Å². The molecule has 2 fully saturated rings. The first kappa shape index (κ1) is 30.7. The van der Waals surface area contributed by atoms with Crippen molar-refractivity contribution >= 4 is 17.9 Å². The first-order valence-corrected chi connectivity index (χ1v) is 15.4. The minimum atomic E-state index is -1.08. The molecule has 0 radical (unpaired) electrons. The number of alkyl carbamates (subject to hydrolysis) is 1. The fraction of sp³-hybridized carbons (Fsp3) is 0.400. The number of nitrogens with one attached hydrogen (secondary N) is 1. The maximum Gasteiger partial charge on any atom is 0.408 e. The lowest BCUT2D eigenvalue weighted by atomic mass is 9.96. The lowest BCUT2D eigenvalue weighted by Gasteiger charge is -2.40. The Morgan fingerprint density at radius 1 is 0.844 bits per heavy atom. The average molecular weight is 617 g/mol. The van der Waals surface area contributed by atoms with Gasteiger partial charge in [-0.2, -0.15) is 0 Å². The van der Waals surface area contributed by atoms with Crippen LogP contribution in [0.2, 0.25) is 0 Å². The summed E-state index contributed by atoms with van der Waals surface area (Å²) in [6.07, 6.45) is -0.196. The van der Waals surface area contributed by atoms with E-state index in [1.807, 2.05) is 29.2 Å². The van der Waals surface area contributed by atoms with Gasteiger partial charge in [0, 0.05) is 38.3 Å². The van der Waals surface area contributed by atoms with E-state index >= 15 is 0 Å². The number of amides is 3. The molecule has 3 atom stereocenters. The molecule has 10 heteroatoms. The quantitative estimate of drug-likeness (QED) is 0.397. The SMILES string of the molecule is CC(C)(C)OC(=O)N[C@@H](CC(=O)N1C[C@@H]2C[C@H]1CN2C(c1ccc(F)cc1)c1ccc(F)cc1)C(=O)N1Cc2ccccc2C1. The highest BCUT2D eigenvalue weighted by Crippen LogP contribution is 2.40. The molecular weight excluding hydrogens is 578 g/mol. The summed E-state index contributed by atoms with van der Waals surface area (Å²) in [4.78, 5) is 46.1. The molecule has 236 valence electrons. The van der Waals surface area contributed by atoms with E-state index in [0.29, 0.717) is 26.2 Å². The van der Waals surface area contributed by atoms with Crippen LogP contribution in [-0.2, 0) is 27.4 Å². The van der Waals surface area contributed by atoms with E-state index in [9.17, 15) is 23.2 Å². The Morgan fingerprint density at radius 2 is 1.40 bits per heavy atom. The summed E-state index contributed by atoms with van der Waals surface area (Å²) in [6, 6.07) is 19.1. The molecule has 3 amide bonds. The lowest BCUT2D eigenvalue weighted by Crippen LogP contribution is -2.54. The molecule has 0 saturated carbocycles. The number of fused-ring (bicyclic) bond motifs is 3. The van der Waals surface area contributed by atoms with E-state index in [2.05, 4.69) is 10.2 Å². The van der Waals surface area contributed by atoms with E-state index in [4.69, 9.17) is 4.74 Å². The molecule has 2 bridgehead atoms. The Labute approximate surface area is 261 Å². The summed E-state index contributed by atoms with van der Waals surface area (Å²) in [5, 5.41) is 2.68. The maximum absolute atomic E-state index is 13.8. The number of rotatable bonds is 7. The number of piperazine rings is 1. The number of likely N-dealkylation sites (tertiary alicyclic amines) is 2. The third-order valence-electron chi connectivity index (χ3n) is 8.83. The van der Waals surface area contributed by atoms with Gasteiger partial charge in [-0.15, -0.1) is 0 Å². The van der Waals surface area contributed by atoms with E-state index in [1.165, 1.54) is 24.3 Å². The maximum atomic E-state index is 13.8. The van der Waals surface area contributed by atoms with Gasteiger partial charge in [0.15, 0.2) is 0 Å². The Kier molecular flexibility index (Phi) is 8.35. The molecular formula is C35H38F2N4O4. The van der Waals surface area contributed by atoms with Gasteiger partial charge < -0.3 is 19.9 Å². The molecule has 3 aliphatic rings. The van der Waals surface area contributed by atoms with Crippen molar-refractivity contribution in [3.8, 4) is 0 Å². The van der Waals surface area contributed by atoms with Crippen molar-refractivity contribution < 1.29 is 27.9 Å². The van der Waals surface area contributed by atoms with Crippen LogP contribution in [0.1, 0.15) is 61.9 Å². The van der Waals surface area contributed by atoms with Gasteiger partial charge in [-0.3, -0.25) is 14.5 Å². The summed E-state index contributed by atoms with van der Waals surface area (Å²) < 4.78 is 33.0. The molecule has 0 unspecified atom stereocenters. The van der Waals surface area contributed by atoms with Gasteiger partial charge in [0.1, 0.15) is 23.3 Å². The Bertz CT molecular complexity index is 1500. The summed E-state index contributed by atoms with van der Waals surface area (Å²) >= 11 is 0. The standard InChI is InChI=1S/C35H38F2N4O4/c1-35(2,3)45-34(44)38-30(33(43)39-18-24-6-4-5-7-25(24)19-39)17-31(42)40-20-29-16-28(40)21-41(29)32(22-8-12-26(36)13-9-22)23-10-14-27(37)15-11-23/h4-15,28-30,32H,16-21H2,1-3H3,(H,38,44)/t28-,29-,30-/m0/s1. The number of nitrogens with zero attached hydrogens (tertiary/aromatic N) is 3. The number of ether oxygens (including phenoxy) is 1. The van der Waals surface area contributed by atoms with Crippen molar-refractivity contribution in [1.82, 2.24) is 20.0 Å². The highest BCUT2D eigenvalue weighted by atomic mass is 19.1. The zero-order valence-corrected chi connectivity index (χ0v) is 25.7. The van der Waals surface area contributed by atoms with Crippen molar-refractivity contribution in [2.24, 2.45) is 0 Å². The van der Waals surface area contributed by atoms with Gasteiger partial charge in [0.25, 0.3) is 0 Å². The predicted molar refractivity (Wildman–Crippen MR) is 164 cm³/mol. The minimum Gasteiger partial charge on any atom is -0.444 e. The second-order valence-corrected chi connectivity index (χ2v) is 13.2. The zero-order valence-electron chi connectivity index (χ0n) is 25.7. The number of carbonyl (C=O) groups is 3. The molecule has 1 N–H and O–H groups in total. The van der Waals surface area contributed by atoms with Crippen molar-refractivity contribution in [3.63, 3.8) is 0 Å². The van der Waals surface area contributed by atoms with Gasteiger partial charge in [-0.05, 0) is 73.7 Å². The van der Waals surface area contributed by atoms with Gasteiger partial charge in [0.2, 0.25) is 11.8 Å². The van der Waals surface area contributed by atoms with E-state index in [1.54, 1.807) is 49.9 Å². The first-order chi connectivity index (χ1) is 21.4. The van der Waals surface area contributed by atoms with Crippen molar-refractivity contribution in [2.45, 2.75) is 76.5 Å². The Hall–Kier alpha value is -4.31. The summed E-state index contributed by atoms with van der Waals surface area (Å²) in [5.41, 5.74) is 3.08. The molecule has 0 aromatic heterocycles. The van der Waals surface area contributed by atoms with Crippen LogP contribution in [0.3, 0.4) is 0 Å². The molecule has 0 spiro atoms. The fourth-order valence-electron chi connectivity index (χ4n) is 6.84. The highest BCUT2D eigenvalue weighted by molar-refractivity contribution is 5.91. The fourth-order valence-corrected chi connectivity index (χ4v) is 6.84. The minimum absolute atomic E-state index is 0.0140. The average Bonchev–Trinajstić information content (AvgIpc) is 3.72. The van der Waals surface area contributed by atoms with E-state index in [-0.39, 0.29) is 48.0 Å². The number of carbonyl (C=O) groups excluding carboxylic acids is 3. The van der Waals surface area contributed by atoms with Crippen LogP contribution in [0.4, 0.5) is 13.6 Å². The molecule has 3 aromatic carbocycles. The number of halogens is 2. The van der Waals surface area contributed by atoms with E-state index < -0.39 is 17.7 Å². The molecule has 3 heterocycles. The third-order valence-corrected chi connectivity index (χ3v) is 8.83. The van der Waals surface area contributed by atoms with Gasteiger partial charge in [0.05, 0.1) is 12.5 Å². The lowest BCUT2D eigenvalue weighted by molar-refractivity contribution is -0.140. The largest absolute Gasteiger partial charge is 0.444 e. The third kappa shape index (κ3) is 6.71. The van der Waals surface area contributed by atoms with Crippen LogP contribution < -0.4 is 5.32 Å². The van der Waals surface area contributed by atoms with Gasteiger partial charge >= 0.3 is 6.09 Å². The Balaban J connectivity index is 1.17. The summed E-state index contributed by atoms with van der Waals surface area (Å²) in [7, 11) is 0. The van der Waals surface area contributed by atoms with Crippen molar-refractivity contribution in [3.05, 3.63) is 107 Å². The number of hydrogen-bond acceptors (Lipinski definition) is 5. The molecule has 0 aliphatic carbocycles. The van der Waals surface area contributed by atoms with Crippen LogP contribution in [0.5, 0.6) is 0 Å². The van der Waals surface area contributed by atoms with Crippen LogP contribution >= 0.6 is 0 Å². The van der Waals surface area contributed by atoms with Crippen LogP contribution in [0.15, 0.2) is 72.8 Å². The smallest absolute Gasteiger partial charge is 0.408 e. The highest BCUT2D eigenvalue weighted by Gasteiger charge is 2.48. The second kappa shape index (κ2) is 12.2. The molecule has 3 aliphatic heterocycles. The summed E-state index contributed by atoms with van der Waals surface area (Å²) in [5.74, 6) is -1.21. The second-order valence-electron chi connectivity index (χ2n) is 13.2. The molecule has 2 saturated heterocycles. The van der Waals surface area contributed by atoms with Gasteiger partial charge in [-0.1, -0.05) is 48.5 Å². The monoisotopic (exact) mass is 616 g/mol. The molecule has 6 rings (SSSR count). The first-order valence-electron chi connectivity index (χ1n) is 15.4.